The van der Waals surface area contributed by atoms with Gasteiger partial charge in [0.1, 0.15) is 24.0 Å². The Bertz CT molecular complexity index is 1620. The number of amides is 2. The summed E-state index contributed by atoms with van der Waals surface area (Å²) in [7, 11) is 2.56. The van der Waals surface area contributed by atoms with Crippen LogP contribution < -0.4 is 21.9 Å². The normalized spacial score (nSPS) is 16.2. The molecule has 4 rings (SSSR count). The molecule has 244 valence electrons. The number of carbonyl (C=O) groups excluding carboxylic acids is 4. The van der Waals surface area contributed by atoms with E-state index in [-0.39, 0.29) is 53.8 Å². The van der Waals surface area contributed by atoms with E-state index in [0.717, 1.165) is 10.2 Å². The zero-order chi connectivity index (χ0) is 32.5. The number of esters is 2. The van der Waals surface area contributed by atoms with Crippen LogP contribution in [0, 0.1) is 11.3 Å². The minimum Gasteiger partial charge on any atom is -0.469 e. The van der Waals surface area contributed by atoms with Gasteiger partial charge in [0.2, 0.25) is 5.91 Å². The molecule has 14 heteroatoms. The van der Waals surface area contributed by atoms with Gasteiger partial charge >= 0.3 is 11.9 Å². The first-order valence-corrected chi connectivity index (χ1v) is 14.5. The third kappa shape index (κ3) is 9.00. The van der Waals surface area contributed by atoms with E-state index in [4.69, 9.17) is 20.6 Å². The van der Waals surface area contributed by atoms with Crippen molar-refractivity contribution in [3.8, 4) is 11.3 Å². The molecule has 46 heavy (non-hydrogen) atoms. The second-order valence-corrected chi connectivity index (χ2v) is 10.8. The number of amidine groups is 1. The average Bonchev–Trinajstić information content (AvgIpc) is 3.05. The number of rotatable bonds is 11. The van der Waals surface area contributed by atoms with Gasteiger partial charge in [0.25, 0.3) is 11.5 Å². The molecule has 0 saturated heterocycles. The summed E-state index contributed by atoms with van der Waals surface area (Å²) in [6, 6.07) is 15.6. The van der Waals surface area contributed by atoms with Gasteiger partial charge in [-0.25, -0.2) is 9.48 Å². The number of aromatic nitrogens is 2. The summed E-state index contributed by atoms with van der Waals surface area (Å²) in [5, 5.41) is 17.5. The molecule has 3 aromatic rings. The minimum atomic E-state index is -1.02. The summed E-state index contributed by atoms with van der Waals surface area (Å²) in [6.07, 6.45) is 2.30. The molecule has 1 heterocycles. The highest BCUT2D eigenvalue weighted by Gasteiger charge is 2.29. The van der Waals surface area contributed by atoms with E-state index in [1.807, 2.05) is 18.2 Å². The Balaban J connectivity index is 0.00000576. The van der Waals surface area contributed by atoms with Crippen LogP contribution >= 0.6 is 12.4 Å². The molecule has 2 aromatic carbocycles. The van der Waals surface area contributed by atoms with Crippen LogP contribution in [0.2, 0.25) is 0 Å². The fourth-order valence-corrected chi connectivity index (χ4v) is 5.24. The molecule has 0 bridgehead atoms. The standard InChI is InChI=1S/C32H36N6O7.ClH/c1-44-31(42)22-12-14-23(15-13-22)35-29(40)24-17-25(20-8-10-21(11-9-20)28(33)34)37-38(30(24)41)18-27(39)36-26(32(43)45-2)16-19-6-4-3-5-7-19;/h3-11,17,22-23,26H,12-16,18H2,1-2H3,(H3,33,34)(H,35,40)(H,36,39);1H/t22-,23-,26?;. The summed E-state index contributed by atoms with van der Waals surface area (Å²) in [5.74, 6) is -2.64. The lowest BCUT2D eigenvalue weighted by atomic mass is 9.86. The van der Waals surface area contributed by atoms with Gasteiger partial charge in [-0.2, -0.15) is 5.10 Å². The molecule has 0 spiro atoms. The Hall–Kier alpha value is -5.04. The fourth-order valence-electron chi connectivity index (χ4n) is 5.24. The van der Waals surface area contributed by atoms with Gasteiger partial charge in [-0.3, -0.25) is 24.6 Å². The van der Waals surface area contributed by atoms with Crippen molar-refractivity contribution in [2.24, 2.45) is 11.7 Å². The second-order valence-electron chi connectivity index (χ2n) is 10.8. The lowest BCUT2D eigenvalue weighted by Gasteiger charge is -2.27. The van der Waals surface area contributed by atoms with Crippen LogP contribution in [0.1, 0.15) is 47.2 Å². The largest absolute Gasteiger partial charge is 0.469 e. The number of nitrogens with zero attached hydrogens (tertiary/aromatic N) is 2. The highest BCUT2D eigenvalue weighted by atomic mass is 35.5. The first kappa shape index (κ1) is 35.4. The van der Waals surface area contributed by atoms with Crippen molar-refractivity contribution in [3.05, 3.63) is 87.7 Å². The quantitative estimate of drug-likeness (QED) is 0.136. The molecule has 1 fully saturated rings. The van der Waals surface area contributed by atoms with Gasteiger partial charge in [0.05, 0.1) is 25.8 Å². The van der Waals surface area contributed by atoms with Gasteiger partial charge < -0.3 is 25.8 Å². The number of ether oxygens (including phenoxy) is 2. The third-order valence-corrected chi connectivity index (χ3v) is 7.70. The van der Waals surface area contributed by atoms with Crippen molar-refractivity contribution < 1.29 is 28.7 Å². The molecule has 0 aliphatic heterocycles. The predicted octanol–water partition coefficient (Wildman–Crippen LogP) is 1.98. The van der Waals surface area contributed by atoms with E-state index in [1.165, 1.54) is 20.3 Å². The maximum absolute atomic E-state index is 13.5. The van der Waals surface area contributed by atoms with Gasteiger partial charge in [0.15, 0.2) is 0 Å². The maximum atomic E-state index is 13.5. The first-order valence-electron chi connectivity index (χ1n) is 14.5. The summed E-state index contributed by atoms with van der Waals surface area (Å²) in [4.78, 5) is 64.5. The topological polar surface area (TPSA) is 196 Å². The molecule has 13 nitrogen and oxygen atoms in total. The highest BCUT2D eigenvalue weighted by molar-refractivity contribution is 5.96. The third-order valence-electron chi connectivity index (χ3n) is 7.70. The van der Waals surface area contributed by atoms with Crippen LogP contribution in [0.5, 0.6) is 0 Å². The number of nitrogens with two attached hydrogens (primary N) is 1. The summed E-state index contributed by atoms with van der Waals surface area (Å²) in [6.45, 7) is -0.578. The number of nitrogen functional groups attached to an aromatic ring is 1. The SMILES string of the molecule is COC(=O)C(Cc1ccccc1)NC(=O)Cn1nc(-c2ccc(C(=N)N)cc2)cc(C(=O)N[C@H]2CC[C@H](C(=O)OC)CC2)c1=O.Cl. The number of nitrogens with one attached hydrogen (secondary N) is 3. The molecule has 1 aromatic heterocycles. The Labute approximate surface area is 271 Å². The van der Waals surface area contributed by atoms with Crippen molar-refractivity contribution >= 4 is 42.0 Å². The average molecular weight is 653 g/mol. The Kier molecular flexibility index (Phi) is 12.6. The summed E-state index contributed by atoms with van der Waals surface area (Å²) in [5.41, 5.74) is 6.55. The van der Waals surface area contributed by atoms with Gasteiger partial charge in [-0.05, 0) is 37.3 Å². The van der Waals surface area contributed by atoms with Crippen LogP contribution in [0.15, 0.2) is 65.5 Å². The number of benzene rings is 2. The minimum absolute atomic E-state index is 0. The van der Waals surface area contributed by atoms with E-state index >= 15 is 0 Å². The van der Waals surface area contributed by atoms with Gasteiger partial charge in [0, 0.05) is 23.6 Å². The molecule has 1 atom stereocenters. The van der Waals surface area contributed by atoms with E-state index in [0.29, 0.717) is 36.8 Å². The molecular formula is C32H37ClN6O7. The first-order chi connectivity index (χ1) is 21.6. The van der Waals surface area contributed by atoms with Crippen LogP contribution in [0.4, 0.5) is 0 Å². The number of methoxy groups -OCH3 is 2. The van der Waals surface area contributed by atoms with Crippen molar-refractivity contribution in [2.45, 2.75) is 50.7 Å². The number of carbonyl (C=O) groups is 4. The Morgan fingerprint density at radius 3 is 2.24 bits per heavy atom. The monoisotopic (exact) mass is 652 g/mol. The number of hydrogen-bond acceptors (Lipinski definition) is 9. The van der Waals surface area contributed by atoms with Crippen LogP contribution in [-0.2, 0) is 36.8 Å². The molecule has 1 aliphatic carbocycles. The Morgan fingerprint density at radius 1 is 1.00 bits per heavy atom. The molecule has 0 radical (unpaired) electrons. The van der Waals surface area contributed by atoms with E-state index in [2.05, 4.69) is 15.7 Å². The van der Waals surface area contributed by atoms with Crippen LogP contribution in [-0.4, -0.2) is 65.7 Å². The van der Waals surface area contributed by atoms with Crippen molar-refractivity contribution in [2.75, 3.05) is 14.2 Å². The van der Waals surface area contributed by atoms with Gasteiger partial charge in [-0.1, -0.05) is 54.6 Å². The van der Waals surface area contributed by atoms with Gasteiger partial charge in [-0.15, -0.1) is 12.4 Å². The number of halogens is 1. The van der Waals surface area contributed by atoms with Crippen molar-refractivity contribution in [3.63, 3.8) is 0 Å². The molecule has 1 aliphatic rings. The summed E-state index contributed by atoms with van der Waals surface area (Å²) >= 11 is 0. The highest BCUT2D eigenvalue weighted by Crippen LogP contribution is 2.25. The van der Waals surface area contributed by atoms with Crippen molar-refractivity contribution in [1.29, 1.82) is 5.41 Å². The molecular weight excluding hydrogens is 616 g/mol. The predicted molar refractivity (Wildman–Crippen MR) is 172 cm³/mol. The van der Waals surface area contributed by atoms with Crippen LogP contribution in [0.25, 0.3) is 11.3 Å². The van der Waals surface area contributed by atoms with Crippen molar-refractivity contribution in [1.82, 2.24) is 20.4 Å². The van der Waals surface area contributed by atoms with E-state index < -0.39 is 35.9 Å². The zero-order valence-corrected chi connectivity index (χ0v) is 26.3. The lowest BCUT2D eigenvalue weighted by Crippen LogP contribution is -2.46. The second kappa shape index (κ2) is 16.3. The number of hydrogen-bond donors (Lipinski definition) is 4. The molecule has 5 N–H and O–H groups in total. The zero-order valence-electron chi connectivity index (χ0n) is 25.5. The summed E-state index contributed by atoms with van der Waals surface area (Å²) < 4.78 is 10.6. The fraction of sp³-hybridized carbons (Fsp3) is 0.344. The van der Waals surface area contributed by atoms with Crippen LogP contribution in [0.3, 0.4) is 0 Å². The smallest absolute Gasteiger partial charge is 0.328 e. The van der Waals surface area contributed by atoms with E-state index in [1.54, 1.807) is 36.4 Å². The Morgan fingerprint density at radius 2 is 1.65 bits per heavy atom. The molecule has 1 unspecified atom stereocenters. The molecule has 1 saturated carbocycles. The maximum Gasteiger partial charge on any atom is 0.328 e. The van der Waals surface area contributed by atoms with E-state index in [9.17, 15) is 24.0 Å². The molecule has 2 amide bonds. The lowest BCUT2D eigenvalue weighted by molar-refractivity contribution is -0.146.